The van der Waals surface area contributed by atoms with E-state index in [0.717, 1.165) is 6.54 Å². The average Bonchev–Trinajstić information content (AvgIpc) is 2.18. The summed E-state index contributed by atoms with van der Waals surface area (Å²) in [4.78, 5) is 17.4. The number of anilines is 1. The van der Waals surface area contributed by atoms with Gasteiger partial charge in [-0.1, -0.05) is 0 Å². The van der Waals surface area contributed by atoms with E-state index in [0.29, 0.717) is 17.9 Å². The maximum Gasteiger partial charge on any atom is 0.252 e. The van der Waals surface area contributed by atoms with Gasteiger partial charge in [0.1, 0.15) is 5.82 Å². The first-order chi connectivity index (χ1) is 7.09. The van der Waals surface area contributed by atoms with E-state index in [1.54, 1.807) is 12.1 Å². The first kappa shape index (κ1) is 11.5. The van der Waals surface area contributed by atoms with E-state index in [1.165, 1.54) is 6.20 Å². The molecule has 0 aromatic carbocycles. The minimum Gasteiger partial charge on any atom is -0.384 e. The average molecular weight is 208 g/mol. The minimum absolute atomic E-state index is 0.121. The van der Waals surface area contributed by atoms with Gasteiger partial charge in [0.2, 0.25) is 0 Å². The Hall–Kier alpha value is -1.62. The SMILES string of the molecule is CN(C)CCNC(=O)c1ccc(N)nc1. The zero-order valence-electron chi connectivity index (χ0n) is 9.03. The molecule has 0 radical (unpaired) electrons. The normalized spacial score (nSPS) is 10.3. The summed E-state index contributed by atoms with van der Waals surface area (Å²) in [6.45, 7) is 1.43. The molecule has 0 aliphatic heterocycles. The molecule has 0 fully saturated rings. The molecule has 5 heteroatoms. The van der Waals surface area contributed by atoms with E-state index in [1.807, 2.05) is 19.0 Å². The van der Waals surface area contributed by atoms with Crippen molar-refractivity contribution in [3.63, 3.8) is 0 Å². The Balaban J connectivity index is 2.43. The Morgan fingerprint density at radius 1 is 1.53 bits per heavy atom. The molecule has 1 amide bonds. The van der Waals surface area contributed by atoms with Crippen molar-refractivity contribution in [1.29, 1.82) is 0 Å². The van der Waals surface area contributed by atoms with E-state index in [2.05, 4.69) is 10.3 Å². The van der Waals surface area contributed by atoms with E-state index in [-0.39, 0.29) is 5.91 Å². The number of carbonyl (C=O) groups excluding carboxylic acids is 1. The van der Waals surface area contributed by atoms with E-state index in [9.17, 15) is 4.79 Å². The van der Waals surface area contributed by atoms with Crippen molar-refractivity contribution in [3.8, 4) is 0 Å². The molecule has 1 rings (SSSR count). The van der Waals surface area contributed by atoms with Gasteiger partial charge in [-0.05, 0) is 26.2 Å². The lowest BCUT2D eigenvalue weighted by atomic mass is 10.2. The van der Waals surface area contributed by atoms with Gasteiger partial charge in [0.05, 0.1) is 5.56 Å². The van der Waals surface area contributed by atoms with Crippen molar-refractivity contribution in [2.24, 2.45) is 0 Å². The van der Waals surface area contributed by atoms with Crippen LogP contribution in [0.4, 0.5) is 5.82 Å². The van der Waals surface area contributed by atoms with Crippen LogP contribution in [0.5, 0.6) is 0 Å². The van der Waals surface area contributed by atoms with Gasteiger partial charge < -0.3 is 16.0 Å². The zero-order valence-corrected chi connectivity index (χ0v) is 9.03. The number of pyridine rings is 1. The Labute approximate surface area is 89.3 Å². The maximum absolute atomic E-state index is 11.5. The van der Waals surface area contributed by atoms with Crippen LogP contribution >= 0.6 is 0 Å². The standard InChI is InChI=1S/C10H16N4O/c1-14(2)6-5-12-10(15)8-3-4-9(11)13-7-8/h3-4,7H,5-6H2,1-2H3,(H2,11,13)(H,12,15). The predicted octanol–water partition coefficient (Wildman–Crippen LogP) is -0.0448. The number of nitrogen functional groups attached to an aromatic ring is 1. The fourth-order valence-electron chi connectivity index (χ4n) is 1.03. The summed E-state index contributed by atoms with van der Waals surface area (Å²) in [5, 5.41) is 2.79. The largest absolute Gasteiger partial charge is 0.384 e. The Bertz CT molecular complexity index is 321. The zero-order chi connectivity index (χ0) is 11.3. The Kier molecular flexibility index (Phi) is 4.05. The number of aromatic nitrogens is 1. The van der Waals surface area contributed by atoms with E-state index >= 15 is 0 Å². The second kappa shape index (κ2) is 5.31. The molecule has 0 atom stereocenters. The lowest BCUT2D eigenvalue weighted by molar-refractivity contribution is 0.0950. The van der Waals surface area contributed by atoms with Gasteiger partial charge in [-0.25, -0.2) is 4.98 Å². The van der Waals surface area contributed by atoms with Gasteiger partial charge >= 0.3 is 0 Å². The highest BCUT2D eigenvalue weighted by Gasteiger charge is 2.04. The fourth-order valence-corrected chi connectivity index (χ4v) is 1.03. The van der Waals surface area contributed by atoms with Crippen molar-refractivity contribution in [2.45, 2.75) is 0 Å². The number of nitrogens with zero attached hydrogens (tertiary/aromatic N) is 2. The molecule has 0 saturated heterocycles. The second-order valence-corrected chi connectivity index (χ2v) is 3.53. The third-order valence-corrected chi connectivity index (χ3v) is 1.89. The van der Waals surface area contributed by atoms with Crippen LogP contribution in [0.15, 0.2) is 18.3 Å². The number of hydrogen-bond acceptors (Lipinski definition) is 4. The van der Waals surface area contributed by atoms with Crippen molar-refractivity contribution in [3.05, 3.63) is 23.9 Å². The Morgan fingerprint density at radius 2 is 2.27 bits per heavy atom. The molecule has 0 aliphatic carbocycles. The van der Waals surface area contributed by atoms with Gasteiger partial charge in [0.25, 0.3) is 5.91 Å². The lowest BCUT2D eigenvalue weighted by Gasteiger charge is -2.10. The third kappa shape index (κ3) is 3.95. The minimum atomic E-state index is -0.121. The quantitative estimate of drug-likeness (QED) is 0.728. The molecular weight excluding hydrogens is 192 g/mol. The second-order valence-electron chi connectivity index (χ2n) is 3.53. The number of rotatable bonds is 4. The van der Waals surface area contributed by atoms with Gasteiger partial charge in [-0.2, -0.15) is 0 Å². The van der Waals surface area contributed by atoms with Crippen molar-refractivity contribution < 1.29 is 4.79 Å². The molecule has 0 saturated carbocycles. The summed E-state index contributed by atoms with van der Waals surface area (Å²) in [6, 6.07) is 3.27. The molecule has 0 unspecified atom stereocenters. The molecule has 3 N–H and O–H groups in total. The summed E-state index contributed by atoms with van der Waals surface area (Å²) in [5.74, 6) is 0.296. The third-order valence-electron chi connectivity index (χ3n) is 1.89. The van der Waals surface area contributed by atoms with Crippen LogP contribution in [0.3, 0.4) is 0 Å². The molecule has 0 spiro atoms. The fraction of sp³-hybridized carbons (Fsp3) is 0.400. The van der Waals surface area contributed by atoms with Gasteiger partial charge in [-0.3, -0.25) is 4.79 Å². The van der Waals surface area contributed by atoms with Crippen LogP contribution in [0.1, 0.15) is 10.4 Å². The lowest BCUT2D eigenvalue weighted by Crippen LogP contribution is -2.31. The summed E-state index contributed by atoms with van der Waals surface area (Å²) >= 11 is 0. The van der Waals surface area contributed by atoms with Crippen LogP contribution in [-0.4, -0.2) is 43.0 Å². The van der Waals surface area contributed by atoms with Crippen molar-refractivity contribution in [2.75, 3.05) is 32.9 Å². The van der Waals surface area contributed by atoms with Crippen LogP contribution in [0.25, 0.3) is 0 Å². The molecule has 1 aromatic heterocycles. The summed E-state index contributed by atoms with van der Waals surface area (Å²) in [7, 11) is 3.91. The van der Waals surface area contributed by atoms with Crippen LogP contribution in [0, 0.1) is 0 Å². The van der Waals surface area contributed by atoms with Crippen LogP contribution < -0.4 is 11.1 Å². The number of likely N-dealkylation sites (N-methyl/N-ethyl adjacent to an activating group) is 1. The number of carbonyl (C=O) groups is 1. The highest BCUT2D eigenvalue weighted by Crippen LogP contribution is 2.00. The van der Waals surface area contributed by atoms with Crippen LogP contribution in [0.2, 0.25) is 0 Å². The summed E-state index contributed by atoms with van der Waals surface area (Å²) < 4.78 is 0. The number of nitrogens with one attached hydrogen (secondary N) is 1. The van der Waals surface area contributed by atoms with Crippen LogP contribution in [-0.2, 0) is 0 Å². The van der Waals surface area contributed by atoms with Gasteiger partial charge in [-0.15, -0.1) is 0 Å². The summed E-state index contributed by atoms with van der Waals surface area (Å²) in [5.41, 5.74) is 5.95. The first-order valence-corrected chi connectivity index (χ1v) is 4.74. The van der Waals surface area contributed by atoms with Crippen molar-refractivity contribution >= 4 is 11.7 Å². The van der Waals surface area contributed by atoms with E-state index in [4.69, 9.17) is 5.73 Å². The van der Waals surface area contributed by atoms with Crippen molar-refractivity contribution in [1.82, 2.24) is 15.2 Å². The maximum atomic E-state index is 11.5. The monoisotopic (exact) mass is 208 g/mol. The smallest absolute Gasteiger partial charge is 0.252 e. The highest BCUT2D eigenvalue weighted by atomic mass is 16.1. The van der Waals surface area contributed by atoms with E-state index < -0.39 is 0 Å². The molecule has 5 nitrogen and oxygen atoms in total. The van der Waals surface area contributed by atoms with Gasteiger partial charge in [0.15, 0.2) is 0 Å². The number of amides is 1. The predicted molar refractivity (Wildman–Crippen MR) is 59.5 cm³/mol. The Morgan fingerprint density at radius 3 is 2.80 bits per heavy atom. The number of nitrogens with two attached hydrogens (primary N) is 1. The first-order valence-electron chi connectivity index (χ1n) is 4.74. The number of hydrogen-bond donors (Lipinski definition) is 2. The van der Waals surface area contributed by atoms with Gasteiger partial charge in [0, 0.05) is 19.3 Å². The highest BCUT2D eigenvalue weighted by molar-refractivity contribution is 5.93. The molecule has 0 bridgehead atoms. The summed E-state index contributed by atoms with van der Waals surface area (Å²) in [6.07, 6.45) is 1.47. The molecule has 82 valence electrons. The molecule has 15 heavy (non-hydrogen) atoms. The molecular formula is C10H16N4O. The molecule has 1 aromatic rings. The molecule has 1 heterocycles. The molecule has 0 aliphatic rings. The topological polar surface area (TPSA) is 71.2 Å².